The normalized spacial score (nSPS) is 14.5. The van der Waals surface area contributed by atoms with Crippen LogP contribution in [0.2, 0.25) is 0 Å². The summed E-state index contributed by atoms with van der Waals surface area (Å²) in [5.41, 5.74) is 0. The zero-order valence-electron chi connectivity index (χ0n) is 42.1. The van der Waals surface area contributed by atoms with E-state index in [1.807, 2.05) is 21.1 Å². The van der Waals surface area contributed by atoms with Crippen LogP contribution in [0.4, 0.5) is 0 Å². The molecule has 9 nitrogen and oxygen atoms in total. The molecule has 10 heteroatoms. The molecular weight excluding hydrogens is 846 g/mol. The van der Waals surface area contributed by atoms with Crippen molar-refractivity contribution in [1.29, 1.82) is 0 Å². The van der Waals surface area contributed by atoms with Crippen molar-refractivity contribution >= 4 is 19.8 Å². The second-order valence-corrected chi connectivity index (χ2v) is 18.9. The Labute approximate surface area is 403 Å². The largest absolute Gasteiger partial charge is 0.472 e. The van der Waals surface area contributed by atoms with Crippen molar-refractivity contribution in [2.75, 3.05) is 47.5 Å². The average molecular weight is 939 g/mol. The van der Waals surface area contributed by atoms with E-state index in [1.54, 1.807) is 0 Å². The Kier molecular flexibility index (Phi) is 44.0. The number of carbonyl (C=O) groups is 2. The van der Waals surface area contributed by atoms with Crippen LogP contribution < -0.4 is 0 Å². The molecule has 0 radical (unpaired) electrons. The number of likely N-dealkylation sites (N-methyl/N-ethyl adjacent to an activating group) is 1. The Hall–Kier alpha value is -3.59. The fraction of sp³-hybridized carbons (Fsp3) is 0.607. The number of ether oxygens (including phenoxy) is 2. The molecule has 0 saturated carbocycles. The third-order valence-electron chi connectivity index (χ3n) is 10.0. The zero-order chi connectivity index (χ0) is 48.5. The van der Waals surface area contributed by atoms with Gasteiger partial charge in [0.2, 0.25) is 0 Å². The summed E-state index contributed by atoms with van der Waals surface area (Å²) in [6, 6.07) is 0. The number of phosphoric ester groups is 1. The van der Waals surface area contributed by atoms with Gasteiger partial charge >= 0.3 is 19.8 Å². The molecule has 0 amide bonds. The molecule has 0 heterocycles. The molecule has 1 N–H and O–H groups in total. The molecule has 0 rings (SSSR count). The highest BCUT2D eigenvalue weighted by Gasteiger charge is 2.27. The van der Waals surface area contributed by atoms with Crippen LogP contribution in [-0.4, -0.2) is 74.9 Å². The predicted octanol–water partition coefficient (Wildman–Crippen LogP) is 15.2. The highest BCUT2D eigenvalue weighted by molar-refractivity contribution is 7.47. The van der Waals surface area contributed by atoms with Crippen LogP contribution in [0.1, 0.15) is 168 Å². The molecule has 0 saturated heterocycles. The number of nitrogens with zero attached hydrogens (tertiary/aromatic N) is 1. The minimum Gasteiger partial charge on any atom is -0.462 e. The Bertz CT molecular complexity index is 1530. The summed E-state index contributed by atoms with van der Waals surface area (Å²) in [7, 11) is 1.43. The minimum atomic E-state index is -4.39. The molecule has 0 aromatic rings. The van der Waals surface area contributed by atoms with Gasteiger partial charge in [0.05, 0.1) is 27.7 Å². The van der Waals surface area contributed by atoms with E-state index in [2.05, 4.69) is 135 Å². The summed E-state index contributed by atoms with van der Waals surface area (Å²) in [4.78, 5) is 35.3. The molecule has 0 fully saturated rings. The molecule has 2 atom stereocenters. The topological polar surface area (TPSA) is 108 Å². The minimum absolute atomic E-state index is 0.0171. The number of hydrogen-bond acceptors (Lipinski definition) is 7. The highest BCUT2D eigenvalue weighted by atomic mass is 31.2. The summed E-state index contributed by atoms with van der Waals surface area (Å²) < 4.78 is 34.2. The van der Waals surface area contributed by atoms with Crippen LogP contribution in [0.5, 0.6) is 0 Å². The average Bonchev–Trinajstić information content (AvgIpc) is 3.27. The van der Waals surface area contributed by atoms with Crippen molar-refractivity contribution in [2.24, 2.45) is 0 Å². The van der Waals surface area contributed by atoms with E-state index >= 15 is 0 Å². The van der Waals surface area contributed by atoms with Gasteiger partial charge in [-0.25, -0.2) is 4.57 Å². The number of esters is 2. The van der Waals surface area contributed by atoms with Crippen molar-refractivity contribution in [3.05, 3.63) is 122 Å². The lowest BCUT2D eigenvalue weighted by molar-refractivity contribution is -0.870. The lowest BCUT2D eigenvalue weighted by Gasteiger charge is -2.24. The van der Waals surface area contributed by atoms with Gasteiger partial charge in [-0.05, 0) is 89.9 Å². The number of phosphoric acid groups is 1. The molecule has 66 heavy (non-hydrogen) atoms. The maximum atomic E-state index is 12.7. The van der Waals surface area contributed by atoms with E-state index in [9.17, 15) is 19.0 Å². The number of rotatable bonds is 44. The first-order valence-electron chi connectivity index (χ1n) is 25.3. The van der Waals surface area contributed by atoms with E-state index < -0.39 is 26.5 Å². The van der Waals surface area contributed by atoms with Gasteiger partial charge in [-0.1, -0.05) is 187 Å². The second-order valence-electron chi connectivity index (χ2n) is 17.5. The molecule has 0 bridgehead atoms. The number of hydrogen-bond donors (Lipinski definition) is 1. The first kappa shape index (κ1) is 62.4. The summed E-state index contributed by atoms with van der Waals surface area (Å²) in [5.74, 6) is -0.863. The fourth-order valence-electron chi connectivity index (χ4n) is 6.10. The number of unbranched alkanes of at least 4 members (excludes halogenated alkanes) is 10. The van der Waals surface area contributed by atoms with Gasteiger partial charge in [-0.2, -0.15) is 0 Å². The Balaban J connectivity index is 4.27. The van der Waals surface area contributed by atoms with Crippen LogP contribution in [0.3, 0.4) is 0 Å². The predicted molar refractivity (Wildman–Crippen MR) is 279 cm³/mol. The van der Waals surface area contributed by atoms with Crippen LogP contribution in [-0.2, 0) is 32.7 Å². The van der Waals surface area contributed by atoms with Crippen molar-refractivity contribution in [3.8, 4) is 0 Å². The molecule has 0 aromatic carbocycles. The standard InChI is InChI=1S/C56H92NO8P/c1-6-8-10-12-14-16-17-18-19-20-21-22-23-24-25-26-27-28-29-30-31-32-33-34-35-36-37-38-39-41-43-45-47-49-56(59)65-54(53-64-66(60,61)63-51-50-57(3,4)5)52-62-55(58)48-46-44-42-40-15-13-11-9-7-2/h8,10,14,16,18-19,21-22,24-25,27-28,30-31,33-34,36-37,39,41,54H,6-7,9,11-13,15,17,20,23,26,29,32,35,38,40,42-53H2,1-5H3/p+1/b10-8-,16-14-,19-18-,22-21-,25-24-,28-27-,31-30-,34-33-,37-36-,41-39-. The van der Waals surface area contributed by atoms with Crippen molar-refractivity contribution in [1.82, 2.24) is 0 Å². The Morgan fingerprint density at radius 1 is 0.485 bits per heavy atom. The van der Waals surface area contributed by atoms with E-state index in [1.165, 1.54) is 38.5 Å². The quantitative estimate of drug-likeness (QED) is 0.0212. The molecule has 374 valence electrons. The lowest BCUT2D eigenvalue weighted by atomic mass is 10.1. The summed E-state index contributed by atoms with van der Waals surface area (Å²) >= 11 is 0. The Morgan fingerprint density at radius 3 is 1.29 bits per heavy atom. The van der Waals surface area contributed by atoms with Crippen molar-refractivity contribution in [3.63, 3.8) is 0 Å². The van der Waals surface area contributed by atoms with Gasteiger partial charge in [0.25, 0.3) is 0 Å². The Morgan fingerprint density at radius 2 is 0.864 bits per heavy atom. The zero-order valence-corrected chi connectivity index (χ0v) is 43.0. The summed E-state index contributed by atoms with van der Waals surface area (Å²) in [6.45, 7) is 4.20. The van der Waals surface area contributed by atoms with Crippen LogP contribution in [0.25, 0.3) is 0 Å². The van der Waals surface area contributed by atoms with Gasteiger partial charge in [0, 0.05) is 12.8 Å². The van der Waals surface area contributed by atoms with Crippen LogP contribution in [0, 0.1) is 0 Å². The third kappa shape index (κ3) is 49.8. The van der Waals surface area contributed by atoms with Gasteiger partial charge in [0.15, 0.2) is 6.10 Å². The van der Waals surface area contributed by atoms with Gasteiger partial charge in [-0.3, -0.25) is 18.6 Å². The fourth-order valence-corrected chi connectivity index (χ4v) is 6.84. The lowest BCUT2D eigenvalue weighted by Crippen LogP contribution is -2.37. The second kappa shape index (κ2) is 46.5. The van der Waals surface area contributed by atoms with E-state index in [0.717, 1.165) is 96.3 Å². The summed E-state index contributed by atoms with van der Waals surface area (Å²) in [6.07, 6.45) is 65.6. The van der Waals surface area contributed by atoms with E-state index in [0.29, 0.717) is 17.4 Å². The van der Waals surface area contributed by atoms with Gasteiger partial charge in [0.1, 0.15) is 19.8 Å². The van der Waals surface area contributed by atoms with Gasteiger partial charge in [-0.15, -0.1) is 0 Å². The smallest absolute Gasteiger partial charge is 0.462 e. The van der Waals surface area contributed by atoms with Crippen LogP contribution in [0.15, 0.2) is 122 Å². The first-order chi connectivity index (χ1) is 32.0. The molecule has 0 aromatic heterocycles. The molecule has 0 aliphatic carbocycles. The van der Waals surface area contributed by atoms with E-state index in [-0.39, 0.29) is 32.0 Å². The van der Waals surface area contributed by atoms with Crippen molar-refractivity contribution in [2.45, 2.75) is 174 Å². The summed E-state index contributed by atoms with van der Waals surface area (Å²) in [5, 5.41) is 0. The third-order valence-corrected chi connectivity index (χ3v) is 11.0. The maximum Gasteiger partial charge on any atom is 0.472 e. The van der Waals surface area contributed by atoms with Crippen molar-refractivity contribution < 1.29 is 42.1 Å². The highest BCUT2D eigenvalue weighted by Crippen LogP contribution is 2.43. The van der Waals surface area contributed by atoms with Crippen LogP contribution >= 0.6 is 7.82 Å². The molecule has 2 unspecified atom stereocenters. The SMILES string of the molecule is CC/C=C\C/C=C\C/C=C\C/C=C\C/C=C\C/C=C\C/C=C\C/C=C\C/C=C\C/C=C\CCCCC(=O)OC(COC(=O)CCCCCCCCCCC)COP(=O)(O)OCC[N+](C)(C)C. The number of quaternary nitrogens is 1. The molecule has 0 spiro atoms. The van der Waals surface area contributed by atoms with Gasteiger partial charge < -0.3 is 18.9 Å². The van der Waals surface area contributed by atoms with E-state index in [4.69, 9.17) is 18.5 Å². The molecular formula is C56H93NO8P+. The number of carbonyl (C=O) groups excluding carboxylic acids is 2. The monoisotopic (exact) mass is 939 g/mol. The maximum absolute atomic E-state index is 12.7. The molecule has 0 aliphatic rings. The first-order valence-corrected chi connectivity index (χ1v) is 26.8. The molecule has 0 aliphatic heterocycles. The number of allylic oxidation sites excluding steroid dienone is 20.